The molecule has 4 unspecified atom stereocenters. The van der Waals surface area contributed by atoms with Gasteiger partial charge in [0.25, 0.3) is 11.1 Å². The minimum absolute atomic E-state index is 0.115. The Balaban J connectivity index is 1.28. The van der Waals surface area contributed by atoms with E-state index in [0.29, 0.717) is 0 Å². The third-order valence-corrected chi connectivity index (χ3v) is 12.2. The van der Waals surface area contributed by atoms with Crippen LogP contribution in [0.1, 0.15) is 59.8 Å². The van der Waals surface area contributed by atoms with Crippen molar-refractivity contribution < 1.29 is 74.3 Å². The zero-order chi connectivity index (χ0) is 45.1. The number of fused-ring (bicyclic) bond motifs is 5. The number of carbonyl (C=O) groups is 2. The molecule has 4 aromatic rings. The highest BCUT2D eigenvalue weighted by molar-refractivity contribution is 7.48. The van der Waals surface area contributed by atoms with Gasteiger partial charge in [-0.05, 0) is 48.5 Å². The van der Waals surface area contributed by atoms with Crippen LogP contribution in [-0.4, -0.2) is 120 Å². The van der Waals surface area contributed by atoms with Gasteiger partial charge in [0.2, 0.25) is 19.5 Å². The topological polar surface area (TPSA) is 334 Å². The molecule has 29 heteroatoms. The largest absolute Gasteiger partial charge is 0.478 e. The number of imidazole rings is 2. The third-order valence-electron chi connectivity index (χ3n) is 9.45. The number of alkyl halides is 1. The van der Waals surface area contributed by atoms with Gasteiger partial charge in [0, 0.05) is 0 Å². The third kappa shape index (κ3) is 9.24. The number of aliphatic hydroxyl groups is 1. The summed E-state index contributed by atoms with van der Waals surface area (Å²) in [5, 5.41) is 11.7. The van der Waals surface area contributed by atoms with Gasteiger partial charge < -0.3 is 34.8 Å². The summed E-state index contributed by atoms with van der Waals surface area (Å²) in [5.41, 5.74) is 1.60. The Kier molecular flexibility index (Phi) is 12.4. The number of esters is 2. The van der Waals surface area contributed by atoms with E-state index in [2.05, 4.69) is 29.9 Å². The van der Waals surface area contributed by atoms with Gasteiger partial charge in [-0.15, -0.1) is 0 Å². The maximum absolute atomic E-state index is 16.9. The minimum atomic E-state index is -5.17. The summed E-state index contributed by atoms with van der Waals surface area (Å²) < 4.78 is 104. The number of carbonyl (C=O) groups excluding carboxylic acids is 2. The number of rotatable bonds is 8. The fraction of sp³-hybridized carbons (Fsp3) is 0.636. The van der Waals surface area contributed by atoms with Crippen molar-refractivity contribution in [3.05, 3.63) is 39.2 Å². The van der Waals surface area contributed by atoms with Crippen LogP contribution < -0.4 is 16.9 Å². The molecule has 3 aliphatic rings. The number of aromatic nitrogens is 8. The van der Waals surface area contributed by atoms with Crippen LogP contribution >= 0.6 is 15.6 Å². The first kappa shape index (κ1) is 45.5. The van der Waals surface area contributed by atoms with Crippen molar-refractivity contribution >= 4 is 55.9 Å². The Hall–Kier alpha value is -4.53. The van der Waals surface area contributed by atoms with Crippen molar-refractivity contribution in [2.24, 2.45) is 10.8 Å². The van der Waals surface area contributed by atoms with Crippen LogP contribution in [0.5, 0.6) is 0 Å². The molecule has 3 aliphatic heterocycles. The van der Waals surface area contributed by atoms with Crippen LogP contribution in [0.4, 0.5) is 10.3 Å². The summed E-state index contributed by atoms with van der Waals surface area (Å²) in [5.74, 6) is -1.77. The number of aryl methyl sites for hydroxylation is 1. The molecule has 2 bridgehead atoms. The number of nitrogens with zero attached hydrogens (tertiary/aromatic N) is 6. The van der Waals surface area contributed by atoms with E-state index in [-0.39, 0.29) is 34.1 Å². The van der Waals surface area contributed by atoms with Gasteiger partial charge in [0.05, 0.1) is 36.7 Å². The number of aromatic amines is 2. The quantitative estimate of drug-likeness (QED) is 0.111. The first-order valence-electron chi connectivity index (χ1n) is 18.8. The van der Waals surface area contributed by atoms with Gasteiger partial charge in [-0.3, -0.25) is 51.4 Å². The number of H-pyrrole nitrogens is 2. The van der Waals surface area contributed by atoms with Crippen LogP contribution in [0, 0.1) is 17.8 Å². The second-order valence-corrected chi connectivity index (χ2v) is 19.5. The van der Waals surface area contributed by atoms with Gasteiger partial charge >= 0.3 is 27.6 Å². The number of hydrogen-bond donors (Lipinski definition) is 4. The van der Waals surface area contributed by atoms with Gasteiger partial charge in [-0.2, -0.15) is 4.98 Å². The number of ether oxygens (including phenoxy) is 4. The van der Waals surface area contributed by atoms with Crippen LogP contribution in [0.15, 0.2) is 22.2 Å². The fourth-order valence-corrected chi connectivity index (χ4v) is 8.76. The second-order valence-electron chi connectivity index (χ2n) is 16.3. The standard InChI is InChI=1S/C33H44FN9O17P2/c1-14-38-23-18(25(45)39-14)36-10-42(23)27-17(34)21-16(58-27)9-54-62(50,56-13-52-30(48)33(5,6)7)60-22-20(44)15(8-53-61(49,59-21)55-12-51-29(47)32(2,3)4)57-28(22)43-11-37-19-24(43)40-31(35)41-26(19)46/h10-11,15-17,20-22,27-28,44H,8-9,12-13H2,1-7H3,(H,38,39,45)(H3,35,40,41,46)/t15-,16-,17+,20+,21?,22?,27-,28-,61?,62?/m1/s1. The van der Waals surface area contributed by atoms with E-state index in [1.54, 1.807) is 20.8 Å². The summed E-state index contributed by atoms with van der Waals surface area (Å²) in [4.78, 5) is 71.7. The van der Waals surface area contributed by atoms with Gasteiger partial charge in [0.15, 0.2) is 41.0 Å². The molecule has 3 fully saturated rings. The van der Waals surface area contributed by atoms with E-state index < -0.39 is 125 Å². The summed E-state index contributed by atoms with van der Waals surface area (Å²) >= 11 is 0. The normalized spacial score (nSPS) is 31.0. The zero-order valence-corrected chi connectivity index (χ0v) is 35.9. The molecule has 7 rings (SSSR count). The maximum Gasteiger partial charge on any atom is 0.478 e. The zero-order valence-electron chi connectivity index (χ0n) is 34.1. The molecule has 340 valence electrons. The lowest BCUT2D eigenvalue weighted by molar-refractivity contribution is -0.162. The predicted octanol–water partition coefficient (Wildman–Crippen LogP) is 1.80. The number of halogens is 1. The van der Waals surface area contributed by atoms with Crippen LogP contribution in [0.3, 0.4) is 0 Å². The van der Waals surface area contributed by atoms with Gasteiger partial charge in [-0.25, -0.2) is 37.5 Å². The smallest absolute Gasteiger partial charge is 0.437 e. The average molecular weight is 920 g/mol. The molecular formula is C33H44FN9O17P2. The summed E-state index contributed by atoms with van der Waals surface area (Å²) in [6.07, 6.45) is -12.6. The van der Waals surface area contributed by atoms with E-state index in [1.165, 1.54) is 27.7 Å². The number of hydrogen-bond acceptors (Lipinski definition) is 22. The van der Waals surface area contributed by atoms with Gasteiger partial charge in [0.1, 0.15) is 36.3 Å². The number of nitrogens with one attached hydrogen (secondary N) is 2. The Morgan fingerprint density at radius 3 is 1.87 bits per heavy atom. The lowest BCUT2D eigenvalue weighted by Gasteiger charge is -2.28. The Morgan fingerprint density at radius 2 is 1.31 bits per heavy atom. The monoisotopic (exact) mass is 919 g/mol. The Morgan fingerprint density at radius 1 is 0.823 bits per heavy atom. The minimum Gasteiger partial charge on any atom is -0.437 e. The number of phosphoric ester groups is 2. The summed E-state index contributed by atoms with van der Waals surface area (Å²) in [6, 6.07) is 0. The van der Waals surface area contributed by atoms with Crippen molar-refractivity contribution in [2.45, 2.75) is 97.6 Å². The SMILES string of the molecule is Cc1nc2c(ncn2[C@@H]2O[C@@H]3COP(=O)(OCOC(=O)C(C)(C)C)OC4[C@@H](O)[C@@H](COP(=O)(OCOC(=O)C(C)(C)C)OC3[C@@H]2F)O[C@H]4n2cnc3c(=O)[nH]c(N)nc32)c(=O)[nH]1. The fourth-order valence-electron chi connectivity index (χ4n) is 6.27. The van der Waals surface area contributed by atoms with Crippen molar-refractivity contribution in [1.29, 1.82) is 0 Å². The van der Waals surface area contributed by atoms with E-state index in [0.717, 1.165) is 21.8 Å². The van der Waals surface area contributed by atoms with Crippen molar-refractivity contribution in [3.8, 4) is 0 Å². The Labute approximate surface area is 349 Å². The molecule has 62 heavy (non-hydrogen) atoms. The Bertz CT molecular complexity index is 2570. The molecule has 7 heterocycles. The van der Waals surface area contributed by atoms with E-state index in [9.17, 15) is 33.4 Å². The molecular weight excluding hydrogens is 875 g/mol. The van der Waals surface area contributed by atoms with E-state index >= 15 is 4.39 Å². The lowest BCUT2D eigenvalue weighted by Crippen LogP contribution is -2.36. The highest BCUT2D eigenvalue weighted by Gasteiger charge is 2.56. The first-order valence-corrected chi connectivity index (χ1v) is 21.7. The molecule has 10 atom stereocenters. The summed E-state index contributed by atoms with van der Waals surface area (Å²) in [7, 11) is -10.3. The van der Waals surface area contributed by atoms with Crippen molar-refractivity contribution in [1.82, 2.24) is 39.0 Å². The van der Waals surface area contributed by atoms with Crippen LogP contribution in [0.2, 0.25) is 0 Å². The molecule has 0 amide bonds. The highest BCUT2D eigenvalue weighted by atomic mass is 31.2. The predicted molar refractivity (Wildman–Crippen MR) is 204 cm³/mol. The van der Waals surface area contributed by atoms with Crippen LogP contribution in [0.25, 0.3) is 22.3 Å². The molecule has 0 spiro atoms. The average Bonchev–Trinajstić information content (AvgIpc) is 3.93. The molecule has 26 nitrogen and oxygen atoms in total. The number of phosphoric acid groups is 2. The molecule has 0 saturated carbocycles. The number of aliphatic hydroxyl groups excluding tert-OH is 1. The number of nitrogens with two attached hydrogens (primary N) is 1. The maximum atomic E-state index is 16.9. The van der Waals surface area contributed by atoms with E-state index in [4.69, 9.17) is 51.8 Å². The lowest BCUT2D eigenvalue weighted by atomic mass is 9.98. The number of nitrogen functional groups attached to an aromatic ring is 1. The first-order chi connectivity index (χ1) is 29.0. The highest BCUT2D eigenvalue weighted by Crippen LogP contribution is 2.58. The summed E-state index contributed by atoms with van der Waals surface area (Å²) in [6.45, 7) is 6.74. The molecule has 5 N–H and O–H groups in total. The molecule has 3 saturated heterocycles. The van der Waals surface area contributed by atoms with Gasteiger partial charge in [-0.1, -0.05) is 0 Å². The number of anilines is 1. The second kappa shape index (κ2) is 16.9. The van der Waals surface area contributed by atoms with E-state index in [1.807, 2.05) is 0 Å². The molecule has 0 aliphatic carbocycles. The molecule has 4 aromatic heterocycles. The van der Waals surface area contributed by atoms with Crippen molar-refractivity contribution in [3.63, 3.8) is 0 Å². The molecule has 0 aromatic carbocycles. The molecule has 0 radical (unpaired) electrons. The van der Waals surface area contributed by atoms with Crippen LogP contribution in [-0.2, 0) is 64.8 Å². The van der Waals surface area contributed by atoms with Crippen molar-refractivity contribution in [2.75, 3.05) is 32.5 Å².